The van der Waals surface area contributed by atoms with Crippen LogP contribution in [0.4, 0.5) is 0 Å². The summed E-state index contributed by atoms with van der Waals surface area (Å²) < 4.78 is 12.0. The Labute approximate surface area is 223 Å². The molecule has 1 amide bonds. The maximum atomic E-state index is 13.8. The molecular formula is C31H51NO5. The standard InChI is InChI=1S/C31H51NO5/c1-30-14-12-22(37-28-18-26(33)27(34)19-36-28)17-21(30)10-11-23-24(30)13-15-31(2)25(23)9-6-16-32(31)29(35)20-7-4-3-5-8-20/h20-28,33-34H,3-19H2,1-2H3/t21?,22-,23?,24-,25-,26+,27+,28?,30?,31?/m0/s1. The molecule has 37 heavy (non-hydrogen) atoms. The fourth-order valence-corrected chi connectivity index (χ4v) is 10.2. The van der Waals surface area contributed by atoms with Gasteiger partial charge in [-0.15, -0.1) is 0 Å². The van der Waals surface area contributed by atoms with E-state index in [0.29, 0.717) is 29.6 Å². The monoisotopic (exact) mass is 517 g/mol. The predicted molar refractivity (Wildman–Crippen MR) is 142 cm³/mol. The first-order chi connectivity index (χ1) is 17.8. The molecule has 4 aliphatic carbocycles. The lowest BCUT2D eigenvalue weighted by Gasteiger charge is -2.64. The molecule has 6 fully saturated rings. The molecule has 6 heteroatoms. The SMILES string of the molecule is CC12CC[C@H](OC3C[C@@H](O)[C@H](O)CO3)CC1CCC1[C@@H]2CCC2(C)[C@H]1CCCN2C(=O)C1CCCCC1. The van der Waals surface area contributed by atoms with Crippen molar-refractivity contribution in [1.82, 2.24) is 4.90 Å². The van der Waals surface area contributed by atoms with Crippen LogP contribution in [0.1, 0.15) is 110 Å². The second-order valence-electron chi connectivity index (χ2n) is 14.2. The number of rotatable bonds is 3. The molecule has 2 N–H and O–H groups in total. The van der Waals surface area contributed by atoms with E-state index in [2.05, 4.69) is 18.7 Å². The highest BCUT2D eigenvalue weighted by atomic mass is 16.7. The summed E-state index contributed by atoms with van der Waals surface area (Å²) in [6, 6.07) is 0. The first-order valence-corrected chi connectivity index (χ1v) is 15.7. The van der Waals surface area contributed by atoms with E-state index in [9.17, 15) is 15.0 Å². The normalized spacial score (nSPS) is 49.0. The quantitative estimate of drug-likeness (QED) is 0.513. The van der Waals surface area contributed by atoms with Crippen LogP contribution in [0.3, 0.4) is 0 Å². The highest BCUT2D eigenvalue weighted by molar-refractivity contribution is 5.80. The van der Waals surface area contributed by atoms with Gasteiger partial charge in [0.05, 0.1) is 18.8 Å². The van der Waals surface area contributed by atoms with E-state index in [-0.39, 0.29) is 24.2 Å². The number of aliphatic hydroxyl groups excluding tert-OH is 2. The molecule has 0 spiro atoms. The second-order valence-corrected chi connectivity index (χ2v) is 14.2. The average Bonchev–Trinajstić information content (AvgIpc) is 2.90. The van der Waals surface area contributed by atoms with Gasteiger partial charge in [0.15, 0.2) is 6.29 Å². The molecule has 2 heterocycles. The van der Waals surface area contributed by atoms with Crippen LogP contribution in [0, 0.1) is 35.0 Å². The topological polar surface area (TPSA) is 79.2 Å². The van der Waals surface area contributed by atoms with Crippen molar-refractivity contribution in [3.05, 3.63) is 0 Å². The van der Waals surface area contributed by atoms with Gasteiger partial charge in [0.2, 0.25) is 5.91 Å². The first kappa shape index (κ1) is 26.5. The van der Waals surface area contributed by atoms with E-state index in [1.807, 2.05) is 0 Å². The third-order valence-electron chi connectivity index (χ3n) is 12.4. The van der Waals surface area contributed by atoms with Gasteiger partial charge in [-0.2, -0.15) is 0 Å². The molecule has 210 valence electrons. The van der Waals surface area contributed by atoms with Crippen LogP contribution in [0.5, 0.6) is 0 Å². The molecule has 0 aromatic carbocycles. The van der Waals surface area contributed by atoms with Gasteiger partial charge in [-0.05, 0) is 107 Å². The zero-order chi connectivity index (χ0) is 25.8. The minimum absolute atomic E-state index is 0.0567. The third kappa shape index (κ3) is 4.70. The molecule has 6 rings (SSSR count). The van der Waals surface area contributed by atoms with Crippen LogP contribution >= 0.6 is 0 Å². The average molecular weight is 518 g/mol. The van der Waals surface area contributed by atoms with Crippen LogP contribution in [0.2, 0.25) is 0 Å². The zero-order valence-corrected chi connectivity index (χ0v) is 23.3. The smallest absolute Gasteiger partial charge is 0.226 e. The molecule has 0 bridgehead atoms. The summed E-state index contributed by atoms with van der Waals surface area (Å²) in [4.78, 5) is 16.2. The van der Waals surface area contributed by atoms with Crippen LogP contribution < -0.4 is 0 Å². The van der Waals surface area contributed by atoms with Gasteiger partial charge in [-0.1, -0.05) is 26.2 Å². The number of hydrogen-bond donors (Lipinski definition) is 2. The van der Waals surface area contributed by atoms with Crippen LogP contribution in [-0.2, 0) is 14.3 Å². The van der Waals surface area contributed by atoms with E-state index in [1.54, 1.807) is 0 Å². The summed E-state index contributed by atoms with van der Waals surface area (Å²) in [5.74, 6) is 3.62. The Hall–Kier alpha value is -0.690. The number of aliphatic hydroxyl groups is 2. The molecule has 6 nitrogen and oxygen atoms in total. The van der Waals surface area contributed by atoms with Crippen molar-refractivity contribution in [3.63, 3.8) is 0 Å². The van der Waals surface area contributed by atoms with Crippen molar-refractivity contribution in [1.29, 1.82) is 0 Å². The maximum absolute atomic E-state index is 13.8. The lowest BCUT2D eigenvalue weighted by Crippen LogP contribution is -2.65. The Morgan fingerprint density at radius 3 is 2.46 bits per heavy atom. The Balaban J connectivity index is 1.12. The van der Waals surface area contributed by atoms with E-state index >= 15 is 0 Å². The summed E-state index contributed by atoms with van der Waals surface area (Å²) in [5.41, 5.74) is 0.421. The second kappa shape index (κ2) is 10.4. The molecule has 0 aromatic heterocycles. The van der Waals surface area contributed by atoms with Crippen molar-refractivity contribution < 1.29 is 24.5 Å². The number of carbonyl (C=O) groups is 1. The zero-order valence-electron chi connectivity index (χ0n) is 23.3. The van der Waals surface area contributed by atoms with E-state index < -0.39 is 18.5 Å². The van der Waals surface area contributed by atoms with Crippen molar-refractivity contribution in [3.8, 4) is 0 Å². The fraction of sp³-hybridized carbons (Fsp3) is 0.968. The molecular weight excluding hydrogens is 466 g/mol. The van der Waals surface area contributed by atoms with E-state index in [1.165, 1.54) is 64.2 Å². The van der Waals surface area contributed by atoms with Crippen molar-refractivity contribution in [2.24, 2.45) is 35.0 Å². The predicted octanol–water partition coefficient (Wildman–Crippen LogP) is 5.04. The highest BCUT2D eigenvalue weighted by Crippen LogP contribution is 2.63. The van der Waals surface area contributed by atoms with Crippen molar-refractivity contribution in [2.45, 2.75) is 140 Å². The van der Waals surface area contributed by atoms with E-state index in [4.69, 9.17) is 9.47 Å². The molecule has 2 aliphatic heterocycles. The van der Waals surface area contributed by atoms with Gasteiger partial charge < -0.3 is 24.6 Å². The van der Waals surface area contributed by atoms with Crippen LogP contribution in [0.25, 0.3) is 0 Å². The Morgan fingerprint density at radius 2 is 1.68 bits per heavy atom. The van der Waals surface area contributed by atoms with Crippen LogP contribution in [0.15, 0.2) is 0 Å². The summed E-state index contributed by atoms with van der Waals surface area (Å²) in [5, 5.41) is 19.8. The molecule has 6 aliphatic rings. The Kier molecular flexibility index (Phi) is 7.44. The number of ether oxygens (including phenoxy) is 2. The van der Waals surface area contributed by atoms with Crippen molar-refractivity contribution in [2.75, 3.05) is 13.2 Å². The largest absolute Gasteiger partial charge is 0.390 e. The molecule has 0 aromatic rings. The minimum atomic E-state index is -0.796. The lowest BCUT2D eigenvalue weighted by molar-refractivity contribution is -0.246. The number of hydrogen-bond acceptors (Lipinski definition) is 5. The van der Waals surface area contributed by atoms with Crippen LogP contribution in [-0.4, -0.2) is 64.3 Å². The van der Waals surface area contributed by atoms with Gasteiger partial charge in [-0.3, -0.25) is 4.79 Å². The fourth-order valence-electron chi connectivity index (χ4n) is 10.2. The third-order valence-corrected chi connectivity index (χ3v) is 12.4. The number of carbonyl (C=O) groups excluding carboxylic acids is 1. The molecule has 0 radical (unpaired) electrons. The maximum Gasteiger partial charge on any atom is 0.226 e. The first-order valence-electron chi connectivity index (χ1n) is 15.7. The highest BCUT2D eigenvalue weighted by Gasteiger charge is 2.59. The summed E-state index contributed by atoms with van der Waals surface area (Å²) in [6.45, 7) is 6.18. The van der Waals surface area contributed by atoms with Crippen molar-refractivity contribution >= 4 is 5.91 Å². The molecule has 2 saturated heterocycles. The lowest BCUT2D eigenvalue weighted by atomic mass is 9.45. The Bertz CT molecular complexity index is 830. The van der Waals surface area contributed by atoms with Gasteiger partial charge in [0, 0.05) is 24.4 Å². The van der Waals surface area contributed by atoms with Gasteiger partial charge >= 0.3 is 0 Å². The molecule has 10 atom stereocenters. The number of amides is 1. The Morgan fingerprint density at radius 1 is 0.865 bits per heavy atom. The summed E-state index contributed by atoms with van der Waals surface area (Å²) in [7, 11) is 0. The summed E-state index contributed by atoms with van der Waals surface area (Å²) >= 11 is 0. The molecule has 5 unspecified atom stereocenters. The van der Waals surface area contributed by atoms with Gasteiger partial charge in [0.1, 0.15) is 6.10 Å². The minimum Gasteiger partial charge on any atom is -0.390 e. The number of likely N-dealkylation sites (tertiary alicyclic amines) is 1. The van der Waals surface area contributed by atoms with Gasteiger partial charge in [-0.25, -0.2) is 0 Å². The molecule has 4 saturated carbocycles. The number of piperidine rings is 1. The number of fused-ring (bicyclic) bond motifs is 5. The van der Waals surface area contributed by atoms with Gasteiger partial charge in [0.25, 0.3) is 0 Å². The summed E-state index contributed by atoms with van der Waals surface area (Å²) in [6.07, 6.45) is 15.4. The number of nitrogens with zero attached hydrogens (tertiary/aromatic N) is 1. The van der Waals surface area contributed by atoms with E-state index in [0.717, 1.165) is 44.1 Å².